The first kappa shape index (κ1) is 20.0. The Kier molecular flexibility index (Phi) is 6.74. The van der Waals surface area contributed by atoms with Gasteiger partial charge in [0.2, 0.25) is 0 Å². The second kappa shape index (κ2) is 9.44. The zero-order valence-electron chi connectivity index (χ0n) is 17.4. The number of aromatic amines is 1. The summed E-state index contributed by atoms with van der Waals surface area (Å²) in [6.07, 6.45) is 8.00. The van der Waals surface area contributed by atoms with Crippen molar-refractivity contribution in [3.05, 3.63) is 53.7 Å². The molecule has 150 valence electrons. The predicted octanol–water partition coefficient (Wildman–Crippen LogP) is 3.49. The minimum Gasteiger partial charge on any atom is -0.361 e. The van der Waals surface area contributed by atoms with E-state index in [9.17, 15) is 0 Å². The summed E-state index contributed by atoms with van der Waals surface area (Å²) in [6.45, 7) is 9.08. The summed E-state index contributed by atoms with van der Waals surface area (Å²) in [6, 6.07) is 6.53. The van der Waals surface area contributed by atoms with Gasteiger partial charge >= 0.3 is 0 Å². The lowest BCUT2D eigenvalue weighted by atomic mass is 10.1. The number of hydrogen-bond acceptors (Lipinski definition) is 2. The van der Waals surface area contributed by atoms with Crippen LogP contribution in [0.5, 0.6) is 0 Å². The first-order valence-corrected chi connectivity index (χ1v) is 10.1. The lowest BCUT2D eigenvalue weighted by molar-refractivity contribution is 0.503. The van der Waals surface area contributed by atoms with Crippen molar-refractivity contribution in [3.63, 3.8) is 0 Å². The molecule has 1 aromatic carbocycles. The summed E-state index contributed by atoms with van der Waals surface area (Å²) in [5, 5.41) is 8.10. The molecule has 0 unspecified atom stereocenters. The number of rotatable bonds is 8. The van der Waals surface area contributed by atoms with E-state index in [0.29, 0.717) is 12.5 Å². The summed E-state index contributed by atoms with van der Waals surface area (Å²) in [7, 11) is 1.80. The van der Waals surface area contributed by atoms with E-state index in [-0.39, 0.29) is 0 Å². The van der Waals surface area contributed by atoms with Gasteiger partial charge in [0.15, 0.2) is 5.96 Å². The first-order valence-electron chi connectivity index (χ1n) is 10.1. The van der Waals surface area contributed by atoms with Crippen LogP contribution in [0.3, 0.4) is 0 Å². The Labute approximate surface area is 167 Å². The third-order valence-corrected chi connectivity index (χ3v) is 4.96. The molecule has 6 nitrogen and oxygen atoms in total. The second-order valence-electron chi connectivity index (χ2n) is 7.50. The van der Waals surface area contributed by atoms with Gasteiger partial charge in [-0.1, -0.05) is 39.0 Å². The molecule has 3 N–H and O–H groups in total. The first-order chi connectivity index (χ1) is 13.6. The van der Waals surface area contributed by atoms with Gasteiger partial charge in [-0.3, -0.25) is 4.99 Å². The fourth-order valence-electron chi connectivity index (χ4n) is 3.54. The van der Waals surface area contributed by atoms with E-state index < -0.39 is 0 Å². The van der Waals surface area contributed by atoms with Crippen molar-refractivity contribution >= 4 is 16.9 Å². The topological polar surface area (TPSA) is 70.0 Å². The molecule has 0 atom stereocenters. The Bertz CT molecular complexity index is 918. The number of H-pyrrole nitrogens is 1. The highest BCUT2D eigenvalue weighted by atomic mass is 15.2. The molecular formula is C22H32N6. The van der Waals surface area contributed by atoms with Crippen LogP contribution in [0, 0.1) is 5.92 Å². The number of para-hydroxylation sites is 1. The van der Waals surface area contributed by atoms with E-state index in [1.807, 2.05) is 12.4 Å². The average Bonchev–Trinajstić information content (AvgIpc) is 3.30. The van der Waals surface area contributed by atoms with Crippen LogP contribution in [-0.2, 0) is 25.9 Å². The number of nitrogens with one attached hydrogen (secondary N) is 3. The van der Waals surface area contributed by atoms with Crippen molar-refractivity contribution in [1.29, 1.82) is 0 Å². The number of fused-ring (bicyclic) bond motifs is 1. The molecule has 0 aliphatic carbocycles. The maximum Gasteiger partial charge on any atom is 0.191 e. The maximum atomic E-state index is 4.46. The number of nitrogens with zero attached hydrogens (tertiary/aromatic N) is 3. The number of aliphatic imine (C=N–C) groups is 1. The van der Waals surface area contributed by atoms with Gasteiger partial charge in [0, 0.05) is 49.6 Å². The summed E-state index contributed by atoms with van der Waals surface area (Å²) in [5.74, 6) is 2.42. The highest BCUT2D eigenvalue weighted by Gasteiger charge is 2.08. The van der Waals surface area contributed by atoms with Crippen LogP contribution in [0.15, 0.2) is 41.8 Å². The summed E-state index contributed by atoms with van der Waals surface area (Å²) in [5.41, 5.74) is 3.96. The Morgan fingerprint density at radius 3 is 2.86 bits per heavy atom. The van der Waals surface area contributed by atoms with E-state index in [2.05, 4.69) is 75.3 Å². The zero-order valence-corrected chi connectivity index (χ0v) is 17.4. The molecule has 0 saturated heterocycles. The SMILES string of the molecule is CCc1cccc2c(CCNC(=NC)NCc3nccn3CC(C)C)c[nH]c12. The third-order valence-electron chi connectivity index (χ3n) is 4.96. The fraction of sp³-hybridized carbons (Fsp3) is 0.455. The van der Waals surface area contributed by atoms with Crippen molar-refractivity contribution < 1.29 is 0 Å². The standard InChI is InChI=1S/C22H32N6/c1-5-17-7-6-8-19-18(13-26-21(17)19)9-10-25-22(23-4)27-14-20-24-11-12-28(20)15-16(2)3/h6-8,11-13,16,26H,5,9-10,14-15H2,1-4H3,(H2,23,25,27). The molecule has 0 saturated carbocycles. The van der Waals surface area contributed by atoms with Gasteiger partial charge < -0.3 is 20.2 Å². The van der Waals surface area contributed by atoms with E-state index >= 15 is 0 Å². The molecule has 0 radical (unpaired) electrons. The lowest BCUT2D eigenvalue weighted by Gasteiger charge is -2.14. The molecule has 28 heavy (non-hydrogen) atoms. The van der Waals surface area contributed by atoms with Gasteiger partial charge in [-0.25, -0.2) is 4.98 Å². The van der Waals surface area contributed by atoms with E-state index in [1.54, 1.807) is 7.05 Å². The monoisotopic (exact) mass is 380 g/mol. The smallest absolute Gasteiger partial charge is 0.191 e. The number of aromatic nitrogens is 3. The number of benzene rings is 1. The second-order valence-corrected chi connectivity index (χ2v) is 7.50. The summed E-state index contributed by atoms with van der Waals surface area (Å²) in [4.78, 5) is 12.2. The zero-order chi connectivity index (χ0) is 19.9. The number of hydrogen-bond donors (Lipinski definition) is 3. The van der Waals surface area contributed by atoms with Crippen molar-refractivity contribution in [2.24, 2.45) is 10.9 Å². The van der Waals surface area contributed by atoms with Crippen molar-refractivity contribution in [1.82, 2.24) is 25.2 Å². The molecule has 3 rings (SSSR count). The van der Waals surface area contributed by atoms with Crippen LogP contribution in [0.2, 0.25) is 0 Å². The molecule has 3 aromatic rings. The van der Waals surface area contributed by atoms with Gasteiger partial charge in [-0.15, -0.1) is 0 Å². The third kappa shape index (κ3) is 4.74. The number of aryl methyl sites for hydroxylation is 1. The summed E-state index contributed by atoms with van der Waals surface area (Å²) < 4.78 is 2.20. The van der Waals surface area contributed by atoms with Crippen LogP contribution in [0.4, 0.5) is 0 Å². The van der Waals surface area contributed by atoms with E-state index in [4.69, 9.17) is 0 Å². The van der Waals surface area contributed by atoms with Crippen molar-refractivity contribution in [3.8, 4) is 0 Å². The Morgan fingerprint density at radius 1 is 1.25 bits per heavy atom. The quantitative estimate of drug-likeness (QED) is 0.414. The van der Waals surface area contributed by atoms with Crippen LogP contribution in [0.25, 0.3) is 10.9 Å². The molecule has 0 bridgehead atoms. The van der Waals surface area contributed by atoms with Gasteiger partial charge in [0.05, 0.1) is 6.54 Å². The molecule has 6 heteroatoms. The van der Waals surface area contributed by atoms with Crippen molar-refractivity contribution in [2.45, 2.75) is 46.7 Å². The van der Waals surface area contributed by atoms with Crippen LogP contribution in [0.1, 0.15) is 37.7 Å². The largest absolute Gasteiger partial charge is 0.361 e. The van der Waals surface area contributed by atoms with Gasteiger partial charge in [0.1, 0.15) is 5.82 Å². The average molecular weight is 381 g/mol. The molecule has 0 aliphatic rings. The normalized spacial score (nSPS) is 12.1. The Hall–Kier alpha value is -2.76. The van der Waals surface area contributed by atoms with Gasteiger partial charge in [-0.05, 0) is 29.9 Å². The molecular weight excluding hydrogens is 348 g/mol. The number of imidazole rings is 1. The minimum absolute atomic E-state index is 0.592. The van der Waals surface area contributed by atoms with Crippen LogP contribution >= 0.6 is 0 Å². The highest BCUT2D eigenvalue weighted by molar-refractivity contribution is 5.86. The number of guanidine groups is 1. The van der Waals surface area contributed by atoms with Crippen LogP contribution in [-0.4, -0.2) is 34.1 Å². The molecule has 0 aliphatic heterocycles. The predicted molar refractivity (Wildman–Crippen MR) is 117 cm³/mol. The molecule has 2 aromatic heterocycles. The Balaban J connectivity index is 1.53. The van der Waals surface area contributed by atoms with Gasteiger partial charge in [0.25, 0.3) is 0 Å². The molecule has 0 fully saturated rings. The molecule has 0 amide bonds. The lowest BCUT2D eigenvalue weighted by Crippen LogP contribution is -2.38. The molecule has 2 heterocycles. The fourth-order valence-corrected chi connectivity index (χ4v) is 3.54. The highest BCUT2D eigenvalue weighted by Crippen LogP contribution is 2.22. The maximum absolute atomic E-state index is 4.46. The Morgan fingerprint density at radius 2 is 2.11 bits per heavy atom. The van der Waals surface area contributed by atoms with Gasteiger partial charge in [-0.2, -0.15) is 0 Å². The summed E-state index contributed by atoms with van der Waals surface area (Å²) >= 11 is 0. The van der Waals surface area contributed by atoms with Crippen molar-refractivity contribution in [2.75, 3.05) is 13.6 Å². The van der Waals surface area contributed by atoms with E-state index in [0.717, 1.165) is 37.7 Å². The minimum atomic E-state index is 0.592. The van der Waals surface area contributed by atoms with Crippen LogP contribution < -0.4 is 10.6 Å². The molecule has 0 spiro atoms. The van der Waals surface area contributed by atoms with E-state index in [1.165, 1.54) is 22.0 Å².